The minimum absolute atomic E-state index is 0.297. The average molecular weight is 417 g/mol. The second-order valence-corrected chi connectivity index (χ2v) is 8.16. The van der Waals surface area contributed by atoms with Crippen molar-refractivity contribution in [3.63, 3.8) is 0 Å². The minimum Gasteiger partial charge on any atom is -0.379 e. The van der Waals surface area contributed by atoms with Crippen LogP contribution in [0.5, 0.6) is 0 Å². The Labute approximate surface area is 177 Å². The first-order chi connectivity index (χ1) is 14.3. The summed E-state index contributed by atoms with van der Waals surface area (Å²) in [6.45, 7) is 8.74. The molecule has 2 N–H and O–H groups in total. The van der Waals surface area contributed by atoms with Crippen molar-refractivity contribution in [2.24, 2.45) is 4.99 Å². The van der Waals surface area contributed by atoms with Crippen molar-refractivity contribution in [3.05, 3.63) is 40.9 Å². The van der Waals surface area contributed by atoms with Crippen LogP contribution in [0.2, 0.25) is 0 Å². The van der Waals surface area contributed by atoms with Gasteiger partial charge in [0.05, 0.1) is 24.9 Å². The highest BCUT2D eigenvalue weighted by molar-refractivity contribution is 7.15. The van der Waals surface area contributed by atoms with E-state index in [1.54, 1.807) is 11.3 Å². The maximum Gasteiger partial charge on any atom is 0.191 e. The fourth-order valence-corrected chi connectivity index (χ4v) is 4.14. The molecule has 1 aliphatic rings. The SMILES string of the molecule is CCNC(=NCc1sc(-c2ccccc2)nc1C)NCCCOCC1CCCO1. The Kier molecular flexibility index (Phi) is 8.92. The molecule has 0 radical (unpaired) electrons. The largest absolute Gasteiger partial charge is 0.379 e. The summed E-state index contributed by atoms with van der Waals surface area (Å²) in [5, 5.41) is 7.75. The highest BCUT2D eigenvalue weighted by Crippen LogP contribution is 2.28. The molecule has 1 atom stereocenters. The van der Waals surface area contributed by atoms with Crippen LogP contribution in [0, 0.1) is 6.92 Å². The quantitative estimate of drug-likeness (QED) is 0.351. The first kappa shape index (κ1) is 21.7. The molecule has 2 heterocycles. The van der Waals surface area contributed by atoms with Gasteiger partial charge in [0.25, 0.3) is 0 Å². The summed E-state index contributed by atoms with van der Waals surface area (Å²) >= 11 is 1.71. The lowest BCUT2D eigenvalue weighted by atomic mass is 10.2. The lowest BCUT2D eigenvalue weighted by molar-refractivity contribution is 0.0168. The Morgan fingerprint density at radius 1 is 1.31 bits per heavy atom. The zero-order valence-corrected chi connectivity index (χ0v) is 18.3. The van der Waals surface area contributed by atoms with Crippen LogP contribution in [0.3, 0.4) is 0 Å². The monoisotopic (exact) mass is 416 g/mol. The van der Waals surface area contributed by atoms with Crippen molar-refractivity contribution >= 4 is 17.3 Å². The number of nitrogens with zero attached hydrogens (tertiary/aromatic N) is 2. The van der Waals surface area contributed by atoms with Gasteiger partial charge >= 0.3 is 0 Å². The summed E-state index contributed by atoms with van der Waals surface area (Å²) in [6.07, 6.45) is 3.52. The number of thiazole rings is 1. The molecule has 0 spiro atoms. The zero-order chi connectivity index (χ0) is 20.3. The Hall–Kier alpha value is -1.96. The van der Waals surface area contributed by atoms with E-state index in [4.69, 9.17) is 19.5 Å². The molecule has 1 saturated heterocycles. The van der Waals surface area contributed by atoms with Gasteiger partial charge in [0.2, 0.25) is 0 Å². The van der Waals surface area contributed by atoms with E-state index < -0.39 is 0 Å². The Morgan fingerprint density at radius 3 is 2.93 bits per heavy atom. The molecule has 6 nitrogen and oxygen atoms in total. The fourth-order valence-electron chi connectivity index (χ4n) is 3.14. The third-order valence-corrected chi connectivity index (χ3v) is 5.92. The number of hydrogen-bond donors (Lipinski definition) is 2. The van der Waals surface area contributed by atoms with Gasteiger partial charge in [-0.2, -0.15) is 0 Å². The third kappa shape index (κ3) is 7.10. The van der Waals surface area contributed by atoms with Gasteiger partial charge in [-0.25, -0.2) is 9.98 Å². The molecule has 158 valence electrons. The van der Waals surface area contributed by atoms with Crippen molar-refractivity contribution in [3.8, 4) is 10.6 Å². The van der Waals surface area contributed by atoms with Crippen LogP contribution in [0.15, 0.2) is 35.3 Å². The van der Waals surface area contributed by atoms with E-state index in [9.17, 15) is 0 Å². The van der Waals surface area contributed by atoms with Crippen LogP contribution >= 0.6 is 11.3 Å². The normalized spacial score (nSPS) is 16.9. The molecule has 0 saturated carbocycles. The van der Waals surface area contributed by atoms with Gasteiger partial charge in [0.15, 0.2) is 5.96 Å². The standard InChI is InChI=1S/C22H32N4O2S/c1-3-23-22(24-12-8-13-27-16-19-11-7-14-28-19)25-15-20-17(2)26-21(29-20)18-9-5-4-6-10-18/h4-6,9-10,19H,3,7-8,11-16H2,1-2H3,(H2,23,24,25). The van der Waals surface area contributed by atoms with Crippen LogP contribution < -0.4 is 10.6 Å². The Balaban J connectivity index is 1.44. The van der Waals surface area contributed by atoms with Crippen molar-refractivity contribution in [1.82, 2.24) is 15.6 Å². The molecule has 1 aromatic heterocycles. The summed E-state index contributed by atoms with van der Waals surface area (Å²) < 4.78 is 11.3. The van der Waals surface area contributed by atoms with Crippen LogP contribution in [-0.4, -0.2) is 50.0 Å². The molecule has 29 heavy (non-hydrogen) atoms. The van der Waals surface area contributed by atoms with E-state index in [-0.39, 0.29) is 0 Å². The summed E-state index contributed by atoms with van der Waals surface area (Å²) in [7, 11) is 0. The number of aromatic nitrogens is 1. The van der Waals surface area contributed by atoms with Crippen molar-refractivity contribution in [1.29, 1.82) is 0 Å². The predicted molar refractivity (Wildman–Crippen MR) is 120 cm³/mol. The van der Waals surface area contributed by atoms with Crippen LogP contribution in [-0.2, 0) is 16.0 Å². The lowest BCUT2D eigenvalue weighted by Gasteiger charge is -2.12. The first-order valence-corrected chi connectivity index (χ1v) is 11.3. The van der Waals surface area contributed by atoms with Crippen LogP contribution in [0.1, 0.15) is 36.8 Å². The van der Waals surface area contributed by atoms with E-state index >= 15 is 0 Å². The minimum atomic E-state index is 0.297. The number of aliphatic imine (C=N–C) groups is 1. The number of ether oxygens (including phenoxy) is 2. The van der Waals surface area contributed by atoms with Gasteiger partial charge in [-0.1, -0.05) is 30.3 Å². The molecule has 0 aliphatic carbocycles. The molecular formula is C22H32N4O2S. The fraction of sp³-hybridized carbons (Fsp3) is 0.545. The van der Waals surface area contributed by atoms with E-state index in [0.29, 0.717) is 19.3 Å². The second kappa shape index (κ2) is 11.9. The van der Waals surface area contributed by atoms with Gasteiger partial charge in [0, 0.05) is 36.7 Å². The number of hydrogen-bond acceptors (Lipinski definition) is 5. The van der Waals surface area contributed by atoms with Crippen molar-refractivity contribution < 1.29 is 9.47 Å². The molecule has 3 rings (SSSR count). The molecule has 0 amide bonds. The van der Waals surface area contributed by atoms with Gasteiger partial charge in [-0.3, -0.25) is 0 Å². The van der Waals surface area contributed by atoms with Crippen LogP contribution in [0.25, 0.3) is 10.6 Å². The molecule has 1 aliphatic heterocycles. The summed E-state index contributed by atoms with van der Waals surface area (Å²) in [5.41, 5.74) is 2.21. The first-order valence-electron chi connectivity index (χ1n) is 10.5. The van der Waals surface area contributed by atoms with E-state index in [2.05, 4.69) is 36.6 Å². The number of aryl methyl sites for hydroxylation is 1. The molecule has 7 heteroatoms. The highest BCUT2D eigenvalue weighted by atomic mass is 32.1. The molecule has 0 bridgehead atoms. The predicted octanol–water partition coefficient (Wildman–Crippen LogP) is 3.76. The third-order valence-electron chi connectivity index (χ3n) is 4.72. The number of nitrogens with one attached hydrogen (secondary N) is 2. The van der Waals surface area contributed by atoms with E-state index in [1.807, 2.05) is 18.2 Å². The Bertz CT molecular complexity index is 757. The second-order valence-electron chi connectivity index (χ2n) is 7.08. The number of guanidine groups is 1. The van der Waals surface area contributed by atoms with Gasteiger partial charge in [-0.15, -0.1) is 11.3 Å². The average Bonchev–Trinajstić information content (AvgIpc) is 3.39. The lowest BCUT2D eigenvalue weighted by Crippen LogP contribution is -2.38. The highest BCUT2D eigenvalue weighted by Gasteiger charge is 2.15. The topological polar surface area (TPSA) is 67.8 Å². The molecule has 1 unspecified atom stereocenters. The summed E-state index contributed by atoms with van der Waals surface area (Å²) in [6, 6.07) is 10.3. The molecule has 1 fully saturated rings. The molecule has 1 aromatic carbocycles. The molecular weight excluding hydrogens is 384 g/mol. The smallest absolute Gasteiger partial charge is 0.191 e. The van der Waals surface area contributed by atoms with Crippen LogP contribution in [0.4, 0.5) is 0 Å². The Morgan fingerprint density at radius 2 is 2.17 bits per heavy atom. The van der Waals surface area contributed by atoms with Gasteiger partial charge < -0.3 is 20.1 Å². The van der Waals surface area contributed by atoms with E-state index in [0.717, 1.165) is 67.8 Å². The maximum atomic E-state index is 5.72. The van der Waals surface area contributed by atoms with Crippen molar-refractivity contribution in [2.45, 2.75) is 45.8 Å². The maximum absolute atomic E-state index is 5.72. The van der Waals surface area contributed by atoms with E-state index in [1.165, 1.54) is 4.88 Å². The van der Waals surface area contributed by atoms with Gasteiger partial charge in [-0.05, 0) is 33.1 Å². The number of benzene rings is 1. The zero-order valence-electron chi connectivity index (χ0n) is 17.4. The summed E-state index contributed by atoms with van der Waals surface area (Å²) in [5.74, 6) is 0.834. The summed E-state index contributed by atoms with van der Waals surface area (Å²) in [4.78, 5) is 10.6. The number of rotatable bonds is 10. The van der Waals surface area contributed by atoms with Gasteiger partial charge in [0.1, 0.15) is 5.01 Å². The molecule has 2 aromatic rings. The van der Waals surface area contributed by atoms with Crippen molar-refractivity contribution in [2.75, 3.05) is 32.9 Å².